The van der Waals surface area contributed by atoms with Crippen molar-refractivity contribution in [1.29, 1.82) is 0 Å². The van der Waals surface area contributed by atoms with Gasteiger partial charge in [-0.15, -0.1) is 0 Å². The fourth-order valence-electron chi connectivity index (χ4n) is 2.10. The van der Waals surface area contributed by atoms with E-state index in [4.69, 9.17) is 11.6 Å². The number of benzene rings is 2. The highest BCUT2D eigenvalue weighted by Crippen LogP contribution is 2.15. The Morgan fingerprint density at radius 2 is 1.85 bits per heavy atom. The number of likely N-dealkylation sites (N-methyl/N-ethyl adjacent to an activating group) is 1. The number of carbonyl (C=O) groups excluding carboxylic acids is 1. The SMILES string of the molecule is CC(C(=O)c1ccccc1)N(C)Cc1cccc(Cl)c1. The minimum Gasteiger partial charge on any atom is -0.292 e. The zero-order valence-corrected chi connectivity index (χ0v) is 12.5. The maximum atomic E-state index is 12.4. The summed E-state index contributed by atoms with van der Waals surface area (Å²) in [7, 11) is 1.95. The summed E-state index contributed by atoms with van der Waals surface area (Å²) < 4.78 is 0. The van der Waals surface area contributed by atoms with Crippen molar-refractivity contribution in [2.24, 2.45) is 0 Å². The van der Waals surface area contributed by atoms with Gasteiger partial charge in [-0.05, 0) is 31.7 Å². The molecular weight excluding hydrogens is 270 g/mol. The van der Waals surface area contributed by atoms with Crippen LogP contribution in [0.1, 0.15) is 22.8 Å². The van der Waals surface area contributed by atoms with Crippen LogP contribution in [-0.2, 0) is 6.54 Å². The highest BCUT2D eigenvalue weighted by molar-refractivity contribution is 6.30. The molecule has 0 aliphatic heterocycles. The summed E-state index contributed by atoms with van der Waals surface area (Å²) in [5, 5.41) is 0.720. The number of carbonyl (C=O) groups is 1. The molecule has 0 fully saturated rings. The van der Waals surface area contributed by atoms with Gasteiger partial charge in [0.25, 0.3) is 0 Å². The first-order chi connectivity index (χ1) is 9.58. The molecule has 0 saturated carbocycles. The first-order valence-electron chi connectivity index (χ1n) is 6.62. The molecular formula is C17H18ClNO. The van der Waals surface area contributed by atoms with Crippen molar-refractivity contribution in [1.82, 2.24) is 4.90 Å². The second-order valence-corrected chi connectivity index (χ2v) is 5.39. The topological polar surface area (TPSA) is 20.3 Å². The molecule has 0 spiro atoms. The zero-order chi connectivity index (χ0) is 14.5. The van der Waals surface area contributed by atoms with Crippen LogP contribution in [0.4, 0.5) is 0 Å². The summed E-state index contributed by atoms with van der Waals surface area (Å²) in [6.07, 6.45) is 0. The maximum absolute atomic E-state index is 12.4. The summed E-state index contributed by atoms with van der Waals surface area (Å²) in [6.45, 7) is 2.63. The molecule has 1 unspecified atom stereocenters. The molecule has 0 amide bonds. The van der Waals surface area contributed by atoms with Crippen LogP contribution in [0.2, 0.25) is 5.02 Å². The Labute approximate surface area is 125 Å². The molecule has 3 heteroatoms. The van der Waals surface area contributed by atoms with Crippen LogP contribution in [-0.4, -0.2) is 23.8 Å². The van der Waals surface area contributed by atoms with Crippen molar-refractivity contribution < 1.29 is 4.79 Å². The molecule has 0 heterocycles. The molecule has 2 aromatic carbocycles. The van der Waals surface area contributed by atoms with E-state index in [0.717, 1.165) is 16.1 Å². The lowest BCUT2D eigenvalue weighted by atomic mass is 10.0. The third kappa shape index (κ3) is 3.69. The molecule has 0 aliphatic rings. The molecule has 1 atom stereocenters. The lowest BCUT2D eigenvalue weighted by Gasteiger charge is -2.23. The second-order valence-electron chi connectivity index (χ2n) is 4.95. The standard InChI is InChI=1S/C17H18ClNO/c1-13(17(20)15-8-4-3-5-9-15)19(2)12-14-7-6-10-16(18)11-14/h3-11,13H,12H2,1-2H3. The van der Waals surface area contributed by atoms with E-state index in [1.807, 2.05) is 73.5 Å². The summed E-state index contributed by atoms with van der Waals surface area (Å²) >= 11 is 5.98. The highest BCUT2D eigenvalue weighted by atomic mass is 35.5. The Hall–Kier alpha value is -1.64. The van der Waals surface area contributed by atoms with E-state index in [1.54, 1.807) is 0 Å². The van der Waals surface area contributed by atoms with Gasteiger partial charge in [-0.3, -0.25) is 9.69 Å². The van der Waals surface area contributed by atoms with E-state index in [0.29, 0.717) is 6.54 Å². The summed E-state index contributed by atoms with van der Waals surface area (Å²) in [6, 6.07) is 16.9. The normalized spacial score (nSPS) is 12.4. The van der Waals surface area contributed by atoms with E-state index in [9.17, 15) is 4.79 Å². The van der Waals surface area contributed by atoms with E-state index >= 15 is 0 Å². The van der Waals surface area contributed by atoms with Crippen molar-refractivity contribution in [3.05, 3.63) is 70.7 Å². The number of halogens is 1. The Balaban J connectivity index is 2.05. The molecule has 0 aliphatic carbocycles. The number of ketones is 1. The van der Waals surface area contributed by atoms with Gasteiger partial charge in [0.15, 0.2) is 5.78 Å². The van der Waals surface area contributed by atoms with Gasteiger partial charge >= 0.3 is 0 Å². The average Bonchev–Trinajstić information content (AvgIpc) is 2.46. The highest BCUT2D eigenvalue weighted by Gasteiger charge is 2.19. The molecule has 104 valence electrons. The third-order valence-corrected chi connectivity index (χ3v) is 3.66. The summed E-state index contributed by atoms with van der Waals surface area (Å²) in [5.41, 5.74) is 1.85. The van der Waals surface area contributed by atoms with Crippen molar-refractivity contribution in [2.45, 2.75) is 19.5 Å². The fourth-order valence-corrected chi connectivity index (χ4v) is 2.32. The van der Waals surface area contributed by atoms with Gasteiger partial charge in [-0.2, -0.15) is 0 Å². The summed E-state index contributed by atoms with van der Waals surface area (Å²) in [5.74, 6) is 0.134. The summed E-state index contributed by atoms with van der Waals surface area (Å²) in [4.78, 5) is 14.4. The third-order valence-electron chi connectivity index (χ3n) is 3.42. The Morgan fingerprint density at radius 3 is 2.50 bits per heavy atom. The monoisotopic (exact) mass is 287 g/mol. The average molecular weight is 288 g/mol. The van der Waals surface area contributed by atoms with E-state index in [2.05, 4.69) is 0 Å². The number of Topliss-reactive ketones (excluding diaryl/α,β-unsaturated/α-hetero) is 1. The first-order valence-corrected chi connectivity index (χ1v) is 6.99. The van der Waals surface area contributed by atoms with Crippen molar-refractivity contribution >= 4 is 17.4 Å². The molecule has 0 N–H and O–H groups in total. The lowest BCUT2D eigenvalue weighted by molar-refractivity contribution is 0.0862. The van der Waals surface area contributed by atoms with Crippen LogP contribution in [0, 0.1) is 0 Å². The molecule has 0 bridgehead atoms. The van der Waals surface area contributed by atoms with Gasteiger partial charge in [0.1, 0.15) is 0 Å². The Kier molecular flexibility index (Phi) is 4.94. The van der Waals surface area contributed by atoms with E-state index in [-0.39, 0.29) is 11.8 Å². The fraction of sp³-hybridized carbons (Fsp3) is 0.235. The van der Waals surface area contributed by atoms with Gasteiger partial charge < -0.3 is 0 Å². The number of nitrogens with zero attached hydrogens (tertiary/aromatic N) is 1. The molecule has 2 rings (SSSR count). The van der Waals surface area contributed by atoms with Gasteiger partial charge in [0.05, 0.1) is 6.04 Å². The van der Waals surface area contributed by atoms with Gasteiger partial charge in [-0.1, -0.05) is 54.1 Å². The quantitative estimate of drug-likeness (QED) is 0.774. The second kappa shape index (κ2) is 6.69. The predicted octanol–water partition coefficient (Wildman–Crippen LogP) is 4.04. The Bertz CT molecular complexity index is 583. The van der Waals surface area contributed by atoms with Crippen LogP contribution in [0.5, 0.6) is 0 Å². The zero-order valence-electron chi connectivity index (χ0n) is 11.7. The van der Waals surface area contributed by atoms with Crippen LogP contribution in [0.15, 0.2) is 54.6 Å². The molecule has 2 nitrogen and oxygen atoms in total. The lowest BCUT2D eigenvalue weighted by Crippen LogP contribution is -2.35. The molecule has 20 heavy (non-hydrogen) atoms. The molecule has 0 saturated heterocycles. The van der Waals surface area contributed by atoms with Gasteiger partial charge in [0.2, 0.25) is 0 Å². The number of hydrogen-bond acceptors (Lipinski definition) is 2. The first kappa shape index (κ1) is 14.8. The largest absolute Gasteiger partial charge is 0.292 e. The van der Waals surface area contributed by atoms with Gasteiger partial charge in [0, 0.05) is 17.1 Å². The van der Waals surface area contributed by atoms with Crippen LogP contribution < -0.4 is 0 Å². The molecule has 2 aromatic rings. The van der Waals surface area contributed by atoms with Crippen molar-refractivity contribution in [3.63, 3.8) is 0 Å². The van der Waals surface area contributed by atoms with Crippen LogP contribution >= 0.6 is 11.6 Å². The number of rotatable bonds is 5. The van der Waals surface area contributed by atoms with E-state index < -0.39 is 0 Å². The minimum atomic E-state index is -0.170. The van der Waals surface area contributed by atoms with Gasteiger partial charge in [-0.25, -0.2) is 0 Å². The molecule has 0 radical (unpaired) electrons. The minimum absolute atomic E-state index is 0.134. The molecule has 0 aromatic heterocycles. The van der Waals surface area contributed by atoms with Crippen LogP contribution in [0.25, 0.3) is 0 Å². The van der Waals surface area contributed by atoms with Crippen molar-refractivity contribution in [2.75, 3.05) is 7.05 Å². The van der Waals surface area contributed by atoms with Crippen molar-refractivity contribution in [3.8, 4) is 0 Å². The number of hydrogen-bond donors (Lipinski definition) is 0. The van der Waals surface area contributed by atoms with E-state index in [1.165, 1.54) is 0 Å². The predicted molar refractivity (Wildman–Crippen MR) is 83.2 cm³/mol. The maximum Gasteiger partial charge on any atom is 0.179 e. The smallest absolute Gasteiger partial charge is 0.179 e. The Morgan fingerprint density at radius 1 is 1.15 bits per heavy atom. The van der Waals surface area contributed by atoms with Crippen LogP contribution in [0.3, 0.4) is 0 Å².